The van der Waals surface area contributed by atoms with Gasteiger partial charge < -0.3 is 4.90 Å². The summed E-state index contributed by atoms with van der Waals surface area (Å²) in [5, 5.41) is 0.665. The molecule has 0 spiro atoms. The van der Waals surface area contributed by atoms with Crippen LogP contribution >= 0.6 is 11.6 Å². The van der Waals surface area contributed by atoms with Crippen molar-refractivity contribution in [2.24, 2.45) is 4.99 Å². The number of nitrogens with zero attached hydrogens (tertiary/aromatic N) is 2. The van der Waals surface area contributed by atoms with Crippen LogP contribution in [0.15, 0.2) is 41.4 Å². The van der Waals surface area contributed by atoms with E-state index in [2.05, 4.69) is 4.99 Å². The minimum atomic E-state index is -0.239. The lowest BCUT2D eigenvalue weighted by molar-refractivity contribution is 0.552. The summed E-state index contributed by atoms with van der Waals surface area (Å²) in [5.74, 6) is -0.239. The van der Waals surface area contributed by atoms with Gasteiger partial charge in [0.2, 0.25) is 0 Å². The highest BCUT2D eigenvalue weighted by Crippen LogP contribution is 2.25. The number of halogens is 2. The number of aliphatic imine (C=N–C) groups is 1. The fourth-order valence-corrected chi connectivity index (χ4v) is 2.33. The Morgan fingerprint density at radius 2 is 2.05 bits per heavy atom. The molecular formula is C18H20ClFN2. The van der Waals surface area contributed by atoms with Gasteiger partial charge in [0.15, 0.2) is 0 Å². The largest absolute Gasteiger partial charge is 0.366 e. The third-order valence-electron chi connectivity index (χ3n) is 3.54. The van der Waals surface area contributed by atoms with Gasteiger partial charge in [-0.25, -0.2) is 9.38 Å². The molecule has 2 rings (SSSR count). The van der Waals surface area contributed by atoms with E-state index in [1.165, 1.54) is 6.07 Å². The van der Waals surface area contributed by atoms with E-state index in [0.717, 1.165) is 17.7 Å². The molecule has 0 N–H and O–H groups in total. The van der Waals surface area contributed by atoms with Gasteiger partial charge in [0.1, 0.15) is 5.82 Å². The van der Waals surface area contributed by atoms with Crippen molar-refractivity contribution in [1.82, 2.24) is 4.90 Å². The molecule has 0 saturated carbocycles. The fraction of sp³-hybridized carbons (Fsp3) is 0.278. The Morgan fingerprint density at radius 1 is 1.27 bits per heavy atom. The van der Waals surface area contributed by atoms with Crippen molar-refractivity contribution in [2.75, 3.05) is 13.6 Å². The van der Waals surface area contributed by atoms with Gasteiger partial charge in [0.05, 0.1) is 12.0 Å². The normalized spacial score (nSPS) is 11.1. The van der Waals surface area contributed by atoms with E-state index in [0.29, 0.717) is 22.7 Å². The van der Waals surface area contributed by atoms with Gasteiger partial charge in [-0.05, 0) is 42.7 Å². The third-order valence-corrected chi connectivity index (χ3v) is 3.78. The van der Waals surface area contributed by atoms with Crippen LogP contribution in [0.4, 0.5) is 10.1 Å². The van der Waals surface area contributed by atoms with E-state index in [1.807, 2.05) is 56.1 Å². The second kappa shape index (κ2) is 7.41. The summed E-state index contributed by atoms with van der Waals surface area (Å²) >= 11 is 5.97. The molecular weight excluding hydrogens is 299 g/mol. The maximum absolute atomic E-state index is 14.3. The number of hydrogen-bond acceptors (Lipinski definition) is 1. The monoisotopic (exact) mass is 318 g/mol. The predicted molar refractivity (Wildman–Crippen MR) is 91.9 cm³/mol. The second-order valence-electron chi connectivity index (χ2n) is 5.35. The summed E-state index contributed by atoms with van der Waals surface area (Å²) in [6.45, 7) is 4.84. The fourth-order valence-electron chi connectivity index (χ4n) is 2.11. The molecule has 0 radical (unpaired) electrons. The Hall–Kier alpha value is -1.87. The zero-order valence-corrected chi connectivity index (χ0v) is 13.9. The van der Waals surface area contributed by atoms with Gasteiger partial charge in [-0.2, -0.15) is 0 Å². The van der Waals surface area contributed by atoms with Gasteiger partial charge in [0.25, 0.3) is 0 Å². The van der Waals surface area contributed by atoms with Gasteiger partial charge in [-0.3, -0.25) is 0 Å². The van der Waals surface area contributed by atoms with Gasteiger partial charge in [-0.1, -0.05) is 29.8 Å². The van der Waals surface area contributed by atoms with E-state index in [9.17, 15) is 4.39 Å². The van der Waals surface area contributed by atoms with Gasteiger partial charge >= 0.3 is 0 Å². The molecule has 0 fully saturated rings. The topological polar surface area (TPSA) is 15.6 Å². The van der Waals surface area contributed by atoms with E-state index >= 15 is 0 Å². The molecule has 0 bridgehead atoms. The van der Waals surface area contributed by atoms with Crippen LogP contribution in [0.3, 0.4) is 0 Å². The van der Waals surface area contributed by atoms with Crippen LogP contribution in [-0.2, 0) is 6.42 Å². The molecule has 2 aromatic carbocycles. The Labute approximate surface area is 136 Å². The maximum Gasteiger partial charge on any atom is 0.128 e. The molecule has 0 aliphatic carbocycles. The first-order chi connectivity index (χ1) is 10.5. The number of aryl methyl sites for hydroxylation is 1. The van der Waals surface area contributed by atoms with Crippen molar-refractivity contribution >= 4 is 23.6 Å². The van der Waals surface area contributed by atoms with Gasteiger partial charge in [0, 0.05) is 31.1 Å². The molecule has 22 heavy (non-hydrogen) atoms. The highest BCUT2D eigenvalue weighted by molar-refractivity contribution is 6.30. The van der Waals surface area contributed by atoms with Crippen molar-refractivity contribution in [2.45, 2.75) is 20.3 Å². The summed E-state index contributed by atoms with van der Waals surface area (Å²) in [6.07, 6.45) is 2.24. The summed E-state index contributed by atoms with van der Waals surface area (Å²) in [5.41, 5.74) is 3.27. The Balaban J connectivity index is 2.24. The Morgan fingerprint density at radius 3 is 2.73 bits per heavy atom. The molecule has 0 amide bonds. The summed E-state index contributed by atoms with van der Waals surface area (Å²) in [7, 11) is 1.93. The first-order valence-electron chi connectivity index (χ1n) is 7.27. The smallest absolute Gasteiger partial charge is 0.128 e. The van der Waals surface area contributed by atoms with Crippen molar-refractivity contribution in [3.63, 3.8) is 0 Å². The molecule has 0 heterocycles. The van der Waals surface area contributed by atoms with E-state index < -0.39 is 0 Å². The molecule has 116 valence electrons. The van der Waals surface area contributed by atoms with Crippen LogP contribution in [-0.4, -0.2) is 24.8 Å². The van der Waals surface area contributed by atoms with Crippen LogP contribution in [0, 0.1) is 12.7 Å². The maximum atomic E-state index is 14.3. The molecule has 2 nitrogen and oxygen atoms in total. The minimum Gasteiger partial charge on any atom is -0.366 e. The first kappa shape index (κ1) is 16.5. The zero-order valence-electron chi connectivity index (χ0n) is 13.1. The minimum absolute atomic E-state index is 0.239. The molecule has 2 aromatic rings. The van der Waals surface area contributed by atoms with Crippen LogP contribution < -0.4 is 0 Å². The third kappa shape index (κ3) is 4.31. The Kier molecular flexibility index (Phi) is 5.56. The number of benzene rings is 2. The van der Waals surface area contributed by atoms with Crippen LogP contribution in [0.25, 0.3) is 0 Å². The van der Waals surface area contributed by atoms with E-state index in [4.69, 9.17) is 11.6 Å². The van der Waals surface area contributed by atoms with Crippen LogP contribution in [0.5, 0.6) is 0 Å². The second-order valence-corrected chi connectivity index (χ2v) is 5.79. The molecule has 4 heteroatoms. The molecule has 0 aromatic heterocycles. The quantitative estimate of drug-likeness (QED) is 0.560. The SMILES string of the molecule is CCN(C)C=Nc1cc(F)c(Cc2cccc(Cl)c2)cc1C. The van der Waals surface area contributed by atoms with Crippen molar-refractivity contribution < 1.29 is 4.39 Å². The van der Waals surface area contributed by atoms with Crippen LogP contribution in [0.2, 0.25) is 5.02 Å². The Bertz CT molecular complexity index is 683. The lowest BCUT2D eigenvalue weighted by atomic mass is 10.0. The van der Waals surface area contributed by atoms with Crippen molar-refractivity contribution in [3.05, 3.63) is 63.9 Å². The number of rotatable bonds is 5. The molecule has 0 aliphatic rings. The van der Waals surface area contributed by atoms with Crippen LogP contribution in [0.1, 0.15) is 23.6 Å². The first-order valence-corrected chi connectivity index (χ1v) is 7.65. The molecule has 0 atom stereocenters. The highest BCUT2D eigenvalue weighted by Gasteiger charge is 2.08. The number of hydrogen-bond donors (Lipinski definition) is 0. The average molecular weight is 319 g/mol. The zero-order chi connectivity index (χ0) is 16.1. The molecule has 0 unspecified atom stereocenters. The van der Waals surface area contributed by atoms with E-state index in [1.54, 1.807) is 6.34 Å². The standard InChI is InChI=1S/C18H20ClFN2/c1-4-22(3)12-21-18-11-17(20)15(8-13(18)2)9-14-6-5-7-16(19)10-14/h5-8,10-12H,4,9H2,1-3H3. The predicted octanol–water partition coefficient (Wildman–Crippen LogP) is 4.99. The molecule has 0 aliphatic heterocycles. The lowest BCUT2D eigenvalue weighted by Gasteiger charge is -2.10. The van der Waals surface area contributed by atoms with Gasteiger partial charge in [-0.15, -0.1) is 0 Å². The summed E-state index contributed by atoms with van der Waals surface area (Å²) in [4.78, 5) is 6.28. The summed E-state index contributed by atoms with van der Waals surface area (Å²) < 4.78 is 14.3. The van der Waals surface area contributed by atoms with Crippen molar-refractivity contribution in [1.29, 1.82) is 0 Å². The van der Waals surface area contributed by atoms with E-state index in [-0.39, 0.29) is 5.82 Å². The average Bonchev–Trinajstić information content (AvgIpc) is 2.49. The summed E-state index contributed by atoms with van der Waals surface area (Å²) in [6, 6.07) is 10.8. The molecule has 0 saturated heterocycles. The lowest BCUT2D eigenvalue weighted by Crippen LogP contribution is -2.14. The van der Waals surface area contributed by atoms with Crippen molar-refractivity contribution in [3.8, 4) is 0 Å². The highest BCUT2D eigenvalue weighted by atomic mass is 35.5.